The van der Waals surface area contributed by atoms with Gasteiger partial charge in [-0.25, -0.2) is 0 Å². The van der Waals surface area contributed by atoms with E-state index in [0.717, 1.165) is 31.0 Å². The minimum atomic E-state index is 0.323. The average molecular weight is 290 g/mol. The lowest BCUT2D eigenvalue weighted by molar-refractivity contribution is 0.216. The summed E-state index contributed by atoms with van der Waals surface area (Å²) in [5, 5.41) is 8.09. The number of likely N-dealkylation sites (tertiary alicyclic amines) is 1. The van der Waals surface area contributed by atoms with Crippen molar-refractivity contribution in [3.05, 3.63) is 17.6 Å². The highest BCUT2D eigenvalue weighted by molar-refractivity contribution is 5.44. The minimum Gasteiger partial charge on any atom is -0.351 e. The first-order chi connectivity index (χ1) is 10.1. The summed E-state index contributed by atoms with van der Waals surface area (Å²) in [6.07, 6.45) is 3.27. The van der Waals surface area contributed by atoms with Crippen molar-refractivity contribution in [3.63, 3.8) is 0 Å². The summed E-state index contributed by atoms with van der Waals surface area (Å²) in [5.74, 6) is 2.72. The van der Waals surface area contributed by atoms with Gasteiger partial charge in [-0.05, 0) is 44.8 Å². The van der Waals surface area contributed by atoms with Crippen LogP contribution in [0, 0.1) is 5.92 Å². The standard InChI is InChI=1S/C15H22N4O2/c1-10(2)12-9-13(20-17-12)15-16-14(18-21-15)8-11-4-6-19(3)7-5-11/h9-11H,4-8H2,1-3H3. The molecule has 114 valence electrons. The molecule has 3 rings (SSSR count). The molecule has 21 heavy (non-hydrogen) atoms. The van der Waals surface area contributed by atoms with Crippen LogP contribution < -0.4 is 0 Å². The van der Waals surface area contributed by atoms with Crippen molar-refractivity contribution in [3.8, 4) is 11.7 Å². The Labute approximate surface area is 124 Å². The molecule has 0 aromatic carbocycles. The molecule has 1 fully saturated rings. The summed E-state index contributed by atoms with van der Waals surface area (Å²) in [7, 11) is 2.17. The Balaban J connectivity index is 1.65. The van der Waals surface area contributed by atoms with Crippen LogP contribution in [0.2, 0.25) is 0 Å². The van der Waals surface area contributed by atoms with E-state index >= 15 is 0 Å². The molecule has 6 heteroatoms. The lowest BCUT2D eigenvalue weighted by Crippen LogP contribution is -2.31. The molecule has 2 aromatic heterocycles. The summed E-state index contributed by atoms with van der Waals surface area (Å²) in [4.78, 5) is 6.80. The zero-order valence-corrected chi connectivity index (χ0v) is 12.9. The first kappa shape index (κ1) is 14.3. The number of piperidine rings is 1. The zero-order valence-electron chi connectivity index (χ0n) is 12.9. The Morgan fingerprint density at radius 2 is 2.00 bits per heavy atom. The maximum Gasteiger partial charge on any atom is 0.296 e. The van der Waals surface area contributed by atoms with Gasteiger partial charge in [-0.1, -0.05) is 24.2 Å². The Hall–Kier alpha value is -1.69. The van der Waals surface area contributed by atoms with E-state index in [1.165, 1.54) is 12.8 Å². The second-order valence-electron chi connectivity index (χ2n) is 6.24. The molecule has 3 heterocycles. The molecule has 1 aliphatic rings. The van der Waals surface area contributed by atoms with Gasteiger partial charge in [-0.15, -0.1) is 0 Å². The Morgan fingerprint density at radius 3 is 2.67 bits per heavy atom. The third-order valence-electron chi connectivity index (χ3n) is 4.11. The van der Waals surface area contributed by atoms with Gasteiger partial charge >= 0.3 is 0 Å². The summed E-state index contributed by atoms with van der Waals surface area (Å²) in [6.45, 7) is 6.44. The van der Waals surface area contributed by atoms with Crippen LogP contribution >= 0.6 is 0 Å². The lowest BCUT2D eigenvalue weighted by atomic mass is 9.94. The highest BCUT2D eigenvalue weighted by Crippen LogP contribution is 2.24. The normalized spacial score (nSPS) is 17.7. The summed E-state index contributed by atoms with van der Waals surface area (Å²) < 4.78 is 10.6. The second-order valence-corrected chi connectivity index (χ2v) is 6.24. The van der Waals surface area contributed by atoms with Crippen molar-refractivity contribution >= 4 is 0 Å². The number of nitrogens with zero attached hydrogens (tertiary/aromatic N) is 4. The molecule has 0 unspecified atom stereocenters. The Morgan fingerprint density at radius 1 is 1.24 bits per heavy atom. The fraction of sp³-hybridized carbons (Fsp3) is 0.667. The largest absolute Gasteiger partial charge is 0.351 e. The first-order valence-corrected chi connectivity index (χ1v) is 7.60. The fourth-order valence-electron chi connectivity index (χ4n) is 2.62. The van der Waals surface area contributed by atoms with Crippen LogP contribution in [-0.2, 0) is 6.42 Å². The van der Waals surface area contributed by atoms with Crippen LogP contribution in [0.1, 0.15) is 44.1 Å². The minimum absolute atomic E-state index is 0.323. The van der Waals surface area contributed by atoms with Crippen LogP contribution in [-0.4, -0.2) is 40.3 Å². The van der Waals surface area contributed by atoms with Gasteiger partial charge in [0.25, 0.3) is 5.89 Å². The SMILES string of the molecule is CC(C)c1cc(-c2nc(CC3CCN(C)CC3)no2)on1. The molecule has 0 bridgehead atoms. The molecule has 0 N–H and O–H groups in total. The molecule has 0 radical (unpaired) electrons. The van der Waals surface area contributed by atoms with Crippen molar-refractivity contribution in [1.29, 1.82) is 0 Å². The van der Waals surface area contributed by atoms with Crippen molar-refractivity contribution in [1.82, 2.24) is 20.2 Å². The highest BCUT2D eigenvalue weighted by Gasteiger charge is 2.21. The van der Waals surface area contributed by atoms with E-state index in [-0.39, 0.29) is 0 Å². The summed E-state index contributed by atoms with van der Waals surface area (Å²) in [5.41, 5.74) is 0.903. The first-order valence-electron chi connectivity index (χ1n) is 7.60. The number of hydrogen-bond acceptors (Lipinski definition) is 6. The van der Waals surface area contributed by atoms with Crippen molar-refractivity contribution in [2.45, 2.75) is 39.0 Å². The Kier molecular flexibility index (Phi) is 4.05. The van der Waals surface area contributed by atoms with E-state index in [2.05, 4.69) is 41.1 Å². The topological polar surface area (TPSA) is 68.2 Å². The van der Waals surface area contributed by atoms with E-state index in [1.54, 1.807) is 0 Å². The van der Waals surface area contributed by atoms with Gasteiger partial charge in [0.05, 0.1) is 5.69 Å². The predicted molar refractivity (Wildman–Crippen MR) is 77.8 cm³/mol. The molecule has 0 aliphatic carbocycles. The second kappa shape index (κ2) is 5.97. The molecule has 0 amide bonds. The third kappa shape index (κ3) is 3.32. The quantitative estimate of drug-likeness (QED) is 0.862. The van der Waals surface area contributed by atoms with Crippen LogP contribution in [0.25, 0.3) is 11.7 Å². The van der Waals surface area contributed by atoms with Crippen molar-refractivity contribution in [2.24, 2.45) is 5.92 Å². The lowest BCUT2D eigenvalue weighted by Gasteiger charge is -2.27. The van der Waals surface area contributed by atoms with Gasteiger partial charge < -0.3 is 13.9 Å². The van der Waals surface area contributed by atoms with E-state index in [0.29, 0.717) is 23.5 Å². The van der Waals surface area contributed by atoms with Gasteiger partial charge in [0.2, 0.25) is 5.76 Å². The molecule has 1 aliphatic heterocycles. The number of aromatic nitrogens is 3. The average Bonchev–Trinajstić information content (AvgIpc) is 3.10. The van der Waals surface area contributed by atoms with E-state index < -0.39 is 0 Å². The number of rotatable bonds is 4. The fourth-order valence-corrected chi connectivity index (χ4v) is 2.62. The van der Waals surface area contributed by atoms with Crippen LogP contribution in [0.5, 0.6) is 0 Å². The summed E-state index contributed by atoms with van der Waals surface area (Å²) in [6, 6.07) is 1.87. The predicted octanol–water partition coefficient (Wildman–Crippen LogP) is 2.73. The van der Waals surface area contributed by atoms with Crippen LogP contribution in [0.15, 0.2) is 15.1 Å². The van der Waals surface area contributed by atoms with E-state index in [1.807, 2.05) is 6.07 Å². The van der Waals surface area contributed by atoms with Gasteiger partial charge in [-0.2, -0.15) is 4.98 Å². The third-order valence-corrected chi connectivity index (χ3v) is 4.11. The molecule has 0 atom stereocenters. The maximum atomic E-state index is 5.30. The molecular weight excluding hydrogens is 268 g/mol. The molecule has 6 nitrogen and oxygen atoms in total. The van der Waals surface area contributed by atoms with Crippen LogP contribution in [0.4, 0.5) is 0 Å². The molecule has 0 spiro atoms. The smallest absolute Gasteiger partial charge is 0.296 e. The highest BCUT2D eigenvalue weighted by atomic mass is 16.5. The molecular formula is C15H22N4O2. The van der Waals surface area contributed by atoms with E-state index in [9.17, 15) is 0 Å². The molecule has 0 saturated carbocycles. The molecule has 2 aromatic rings. The Bertz CT molecular complexity index is 582. The van der Waals surface area contributed by atoms with Gasteiger partial charge in [0, 0.05) is 12.5 Å². The van der Waals surface area contributed by atoms with E-state index in [4.69, 9.17) is 9.05 Å². The van der Waals surface area contributed by atoms with Crippen molar-refractivity contribution < 1.29 is 9.05 Å². The van der Waals surface area contributed by atoms with Crippen molar-refractivity contribution in [2.75, 3.05) is 20.1 Å². The molecule has 1 saturated heterocycles. The maximum absolute atomic E-state index is 5.30. The van der Waals surface area contributed by atoms with Gasteiger partial charge in [0.15, 0.2) is 5.82 Å². The van der Waals surface area contributed by atoms with Gasteiger partial charge in [-0.3, -0.25) is 0 Å². The van der Waals surface area contributed by atoms with Gasteiger partial charge in [0.1, 0.15) is 0 Å². The number of hydrogen-bond donors (Lipinski definition) is 0. The van der Waals surface area contributed by atoms with Crippen LogP contribution in [0.3, 0.4) is 0 Å². The monoisotopic (exact) mass is 290 g/mol. The summed E-state index contributed by atoms with van der Waals surface area (Å²) >= 11 is 0. The zero-order chi connectivity index (χ0) is 14.8.